The molecule has 0 radical (unpaired) electrons. The Bertz CT molecular complexity index is 346. The maximum absolute atomic E-state index is 6.29. The quantitative estimate of drug-likeness (QED) is 0.865. The number of alkyl halides is 1. The van der Waals surface area contributed by atoms with Gasteiger partial charge in [-0.2, -0.15) is 0 Å². The Morgan fingerprint density at radius 3 is 2.94 bits per heavy atom. The summed E-state index contributed by atoms with van der Waals surface area (Å²) >= 11 is 9.72. The van der Waals surface area contributed by atoms with E-state index in [2.05, 4.69) is 32.3 Å². The summed E-state index contributed by atoms with van der Waals surface area (Å²) in [6, 6.07) is 2.54. The second kappa shape index (κ2) is 5.99. The van der Waals surface area contributed by atoms with Crippen molar-refractivity contribution in [3.63, 3.8) is 0 Å². The minimum atomic E-state index is 0.286. The minimum absolute atomic E-state index is 0.286. The van der Waals surface area contributed by atoms with E-state index in [0.717, 1.165) is 17.4 Å². The van der Waals surface area contributed by atoms with Gasteiger partial charge in [-0.15, -0.1) is 11.6 Å². The van der Waals surface area contributed by atoms with Crippen LogP contribution in [0.5, 0.6) is 0 Å². The number of nitrogens with zero attached hydrogens (tertiary/aromatic N) is 1. The molecule has 1 aromatic heterocycles. The molecule has 1 aliphatic rings. The van der Waals surface area contributed by atoms with Crippen molar-refractivity contribution < 1.29 is 0 Å². The molecule has 0 aliphatic heterocycles. The normalized spacial score (nSPS) is 25.6. The van der Waals surface area contributed by atoms with Crippen LogP contribution in [0, 0.1) is 0 Å². The number of rotatable bonds is 3. The number of pyridine rings is 1. The molecule has 2 atom stereocenters. The van der Waals surface area contributed by atoms with Crippen molar-refractivity contribution >= 4 is 27.5 Å². The fourth-order valence-electron chi connectivity index (χ4n) is 2.12. The van der Waals surface area contributed by atoms with Crippen molar-refractivity contribution in [2.45, 2.75) is 43.6 Å². The molecule has 0 saturated heterocycles. The predicted octanol–water partition coefficient (Wildman–Crippen LogP) is 3.48. The molecule has 0 amide bonds. The van der Waals surface area contributed by atoms with Crippen molar-refractivity contribution in [3.8, 4) is 0 Å². The summed E-state index contributed by atoms with van der Waals surface area (Å²) in [7, 11) is 0. The second-order valence-corrected chi connectivity index (χ2v) is 5.78. The Labute approximate surface area is 110 Å². The van der Waals surface area contributed by atoms with E-state index in [4.69, 9.17) is 11.6 Å². The first-order valence-corrected chi connectivity index (χ1v) is 6.95. The summed E-state index contributed by atoms with van der Waals surface area (Å²) in [5.41, 5.74) is 1.20. The smallest absolute Gasteiger partial charge is 0.0489 e. The summed E-state index contributed by atoms with van der Waals surface area (Å²) < 4.78 is 1.03. The molecule has 1 aliphatic carbocycles. The zero-order chi connectivity index (χ0) is 11.4. The highest BCUT2D eigenvalue weighted by Gasteiger charge is 2.22. The Balaban J connectivity index is 1.86. The number of hydrogen-bond donors (Lipinski definition) is 1. The lowest BCUT2D eigenvalue weighted by atomic mass is 9.95. The number of halogens is 2. The number of aromatic nitrogens is 1. The average Bonchev–Trinajstić information content (AvgIpc) is 2.28. The molecule has 1 aromatic rings. The van der Waals surface area contributed by atoms with Crippen LogP contribution in [-0.4, -0.2) is 16.4 Å². The monoisotopic (exact) mass is 302 g/mol. The van der Waals surface area contributed by atoms with E-state index < -0.39 is 0 Å². The second-order valence-electron chi connectivity index (χ2n) is 4.30. The molecule has 0 bridgehead atoms. The first-order valence-electron chi connectivity index (χ1n) is 5.72. The lowest BCUT2D eigenvalue weighted by Crippen LogP contribution is -2.38. The van der Waals surface area contributed by atoms with Crippen LogP contribution in [0.4, 0.5) is 0 Å². The molecular formula is C12H16BrClN2. The first-order chi connectivity index (χ1) is 7.75. The van der Waals surface area contributed by atoms with E-state index in [9.17, 15) is 0 Å². The van der Waals surface area contributed by atoms with Gasteiger partial charge in [0.15, 0.2) is 0 Å². The van der Waals surface area contributed by atoms with Crippen LogP contribution < -0.4 is 5.32 Å². The van der Waals surface area contributed by atoms with Crippen molar-refractivity contribution in [2.75, 3.05) is 0 Å². The third-order valence-corrected chi connectivity index (χ3v) is 3.97. The molecule has 1 N–H and O–H groups in total. The third-order valence-electron chi connectivity index (χ3n) is 3.01. The van der Waals surface area contributed by atoms with Crippen LogP contribution in [0.25, 0.3) is 0 Å². The molecule has 1 saturated carbocycles. The highest BCUT2D eigenvalue weighted by atomic mass is 79.9. The Morgan fingerprint density at radius 2 is 2.19 bits per heavy atom. The number of nitrogens with one attached hydrogen (secondary N) is 1. The van der Waals surface area contributed by atoms with Crippen LogP contribution in [0.3, 0.4) is 0 Å². The highest BCUT2D eigenvalue weighted by molar-refractivity contribution is 9.10. The average molecular weight is 304 g/mol. The van der Waals surface area contributed by atoms with Crippen LogP contribution in [0.2, 0.25) is 0 Å². The van der Waals surface area contributed by atoms with E-state index in [0.29, 0.717) is 6.04 Å². The molecule has 88 valence electrons. The zero-order valence-corrected chi connectivity index (χ0v) is 11.5. The molecule has 2 rings (SSSR count). The third kappa shape index (κ3) is 3.44. The van der Waals surface area contributed by atoms with Gasteiger partial charge in [0, 0.05) is 34.8 Å². The minimum Gasteiger partial charge on any atom is -0.308 e. The molecular weight excluding hydrogens is 288 g/mol. The zero-order valence-electron chi connectivity index (χ0n) is 9.13. The Morgan fingerprint density at radius 1 is 1.38 bits per heavy atom. The van der Waals surface area contributed by atoms with Gasteiger partial charge in [0.25, 0.3) is 0 Å². The Hall–Kier alpha value is -0.120. The van der Waals surface area contributed by atoms with Gasteiger partial charge in [0.1, 0.15) is 0 Å². The van der Waals surface area contributed by atoms with Gasteiger partial charge in [-0.1, -0.05) is 12.8 Å². The van der Waals surface area contributed by atoms with Gasteiger partial charge in [0.2, 0.25) is 0 Å². The van der Waals surface area contributed by atoms with Gasteiger partial charge < -0.3 is 5.32 Å². The lowest BCUT2D eigenvalue weighted by Gasteiger charge is -2.28. The topological polar surface area (TPSA) is 24.9 Å². The fraction of sp³-hybridized carbons (Fsp3) is 0.583. The van der Waals surface area contributed by atoms with Crippen LogP contribution in [0.1, 0.15) is 31.2 Å². The van der Waals surface area contributed by atoms with Crippen LogP contribution in [0.15, 0.2) is 22.9 Å². The summed E-state index contributed by atoms with van der Waals surface area (Å²) in [6.45, 7) is 0.848. The van der Waals surface area contributed by atoms with E-state index in [-0.39, 0.29) is 5.38 Å². The summed E-state index contributed by atoms with van der Waals surface area (Å²) in [6.07, 6.45) is 8.58. The fourth-order valence-corrected chi connectivity index (χ4v) is 2.90. The Kier molecular flexibility index (Phi) is 4.62. The van der Waals surface area contributed by atoms with Crippen LogP contribution in [-0.2, 0) is 6.54 Å². The van der Waals surface area contributed by atoms with Gasteiger partial charge >= 0.3 is 0 Å². The van der Waals surface area contributed by atoms with Crippen LogP contribution >= 0.6 is 27.5 Å². The molecule has 0 spiro atoms. The molecule has 4 heteroatoms. The van der Waals surface area contributed by atoms with E-state index in [1.54, 1.807) is 6.20 Å². The maximum Gasteiger partial charge on any atom is 0.0489 e. The van der Waals surface area contributed by atoms with Crippen molar-refractivity contribution in [1.82, 2.24) is 10.3 Å². The predicted molar refractivity (Wildman–Crippen MR) is 70.7 cm³/mol. The van der Waals surface area contributed by atoms with E-state index >= 15 is 0 Å². The molecule has 0 aromatic carbocycles. The number of hydrogen-bond acceptors (Lipinski definition) is 2. The van der Waals surface area contributed by atoms with Gasteiger partial charge in [-0.25, -0.2) is 0 Å². The van der Waals surface area contributed by atoms with Gasteiger partial charge in [-0.3, -0.25) is 4.98 Å². The summed E-state index contributed by atoms with van der Waals surface area (Å²) in [5.74, 6) is 0. The lowest BCUT2D eigenvalue weighted by molar-refractivity contribution is 0.378. The largest absolute Gasteiger partial charge is 0.308 e. The molecule has 2 nitrogen and oxygen atoms in total. The molecule has 1 fully saturated rings. The van der Waals surface area contributed by atoms with Crippen molar-refractivity contribution in [3.05, 3.63) is 28.5 Å². The van der Waals surface area contributed by atoms with Crippen molar-refractivity contribution in [1.29, 1.82) is 0 Å². The van der Waals surface area contributed by atoms with Gasteiger partial charge in [0.05, 0.1) is 0 Å². The van der Waals surface area contributed by atoms with Crippen molar-refractivity contribution in [2.24, 2.45) is 0 Å². The molecule has 2 unspecified atom stereocenters. The highest BCUT2D eigenvalue weighted by Crippen LogP contribution is 2.23. The molecule has 1 heterocycles. The van der Waals surface area contributed by atoms with E-state index in [1.807, 2.05) is 6.20 Å². The standard InChI is InChI=1S/C12H16BrClN2/c13-10-5-9(6-15-8-10)7-16-12-4-2-1-3-11(12)14/h5-6,8,11-12,16H,1-4,7H2. The summed E-state index contributed by atoms with van der Waals surface area (Å²) in [5, 5.41) is 3.81. The SMILES string of the molecule is ClC1CCCCC1NCc1cncc(Br)c1. The maximum atomic E-state index is 6.29. The van der Waals surface area contributed by atoms with Gasteiger partial charge in [-0.05, 0) is 40.4 Å². The van der Waals surface area contributed by atoms with E-state index in [1.165, 1.54) is 24.8 Å². The molecule has 16 heavy (non-hydrogen) atoms. The summed E-state index contributed by atoms with van der Waals surface area (Å²) in [4.78, 5) is 4.15. The first kappa shape index (κ1) is 12.3.